The van der Waals surface area contributed by atoms with E-state index in [0.717, 1.165) is 37.8 Å². The van der Waals surface area contributed by atoms with Crippen LogP contribution in [0, 0.1) is 5.92 Å². The van der Waals surface area contributed by atoms with Gasteiger partial charge in [-0.05, 0) is 42.5 Å². The number of benzene rings is 1. The van der Waals surface area contributed by atoms with Crippen molar-refractivity contribution in [3.63, 3.8) is 0 Å². The Bertz CT molecular complexity index is 636. The van der Waals surface area contributed by atoms with Crippen molar-refractivity contribution in [3.8, 4) is 5.75 Å². The first-order chi connectivity index (χ1) is 10.4. The van der Waals surface area contributed by atoms with E-state index in [4.69, 9.17) is 4.74 Å². The van der Waals surface area contributed by atoms with Crippen LogP contribution >= 0.6 is 24.8 Å². The van der Waals surface area contributed by atoms with Gasteiger partial charge in [0.05, 0.1) is 7.11 Å². The Kier molecular flexibility index (Phi) is 6.20. The summed E-state index contributed by atoms with van der Waals surface area (Å²) in [5.74, 6) is 1.77. The van der Waals surface area contributed by atoms with Crippen LogP contribution in [0.1, 0.15) is 24.4 Å². The zero-order valence-corrected chi connectivity index (χ0v) is 15.0. The summed E-state index contributed by atoms with van der Waals surface area (Å²) in [6.07, 6.45) is 4.95. The number of rotatable bonds is 4. The summed E-state index contributed by atoms with van der Waals surface area (Å²) in [6.45, 7) is 4.51. The summed E-state index contributed by atoms with van der Waals surface area (Å²) < 4.78 is 5.41. The van der Waals surface area contributed by atoms with Crippen molar-refractivity contribution in [3.05, 3.63) is 30.0 Å². The third-order valence-corrected chi connectivity index (χ3v) is 4.85. The van der Waals surface area contributed by atoms with Gasteiger partial charge in [0.15, 0.2) is 0 Å². The van der Waals surface area contributed by atoms with E-state index in [2.05, 4.69) is 33.5 Å². The standard InChI is InChI=1S/C17H23N3O.2ClH/c1-21-13-4-5-16-14(10-13)15(11-19-16)17(12-2-3-12)20-8-6-18-7-9-20;;/h4-5,10-12,17-19H,2-3,6-9H2,1H3;2*1H/t17-;;/m0../s1. The summed E-state index contributed by atoms with van der Waals surface area (Å²) in [4.78, 5) is 6.11. The molecule has 1 atom stereocenters. The first-order valence-corrected chi connectivity index (χ1v) is 7.96. The minimum absolute atomic E-state index is 0. The van der Waals surface area contributed by atoms with E-state index in [-0.39, 0.29) is 24.8 Å². The van der Waals surface area contributed by atoms with Crippen LogP contribution in [-0.2, 0) is 0 Å². The molecule has 1 saturated heterocycles. The minimum Gasteiger partial charge on any atom is -0.497 e. The molecule has 128 valence electrons. The number of halogens is 2. The van der Waals surface area contributed by atoms with Gasteiger partial charge in [0.25, 0.3) is 0 Å². The van der Waals surface area contributed by atoms with Crippen molar-refractivity contribution in [2.75, 3.05) is 33.3 Å². The van der Waals surface area contributed by atoms with Crippen LogP contribution < -0.4 is 10.1 Å². The number of aromatic nitrogens is 1. The van der Waals surface area contributed by atoms with E-state index in [0.29, 0.717) is 6.04 Å². The quantitative estimate of drug-likeness (QED) is 0.880. The average Bonchev–Trinajstić information content (AvgIpc) is 3.29. The number of aromatic amines is 1. The molecule has 0 bridgehead atoms. The monoisotopic (exact) mass is 357 g/mol. The van der Waals surface area contributed by atoms with Crippen LogP contribution in [0.15, 0.2) is 24.4 Å². The van der Waals surface area contributed by atoms with Gasteiger partial charge < -0.3 is 15.0 Å². The zero-order chi connectivity index (χ0) is 14.2. The Morgan fingerprint density at radius 3 is 2.57 bits per heavy atom. The highest BCUT2D eigenvalue weighted by molar-refractivity contribution is 5.86. The number of piperazine rings is 1. The van der Waals surface area contributed by atoms with Crippen LogP contribution in [0.2, 0.25) is 0 Å². The number of H-pyrrole nitrogens is 1. The van der Waals surface area contributed by atoms with Crippen LogP contribution in [0.3, 0.4) is 0 Å². The average molecular weight is 358 g/mol. The van der Waals surface area contributed by atoms with Gasteiger partial charge in [-0.3, -0.25) is 4.90 Å². The number of hydrogen-bond acceptors (Lipinski definition) is 3. The molecule has 2 aromatic rings. The predicted octanol–water partition coefficient (Wildman–Crippen LogP) is 3.38. The fourth-order valence-corrected chi connectivity index (χ4v) is 3.61. The van der Waals surface area contributed by atoms with E-state index in [9.17, 15) is 0 Å². The molecule has 4 rings (SSSR count). The maximum Gasteiger partial charge on any atom is 0.119 e. The third kappa shape index (κ3) is 3.61. The van der Waals surface area contributed by atoms with Gasteiger partial charge in [0.1, 0.15) is 5.75 Å². The summed E-state index contributed by atoms with van der Waals surface area (Å²) in [6, 6.07) is 6.89. The molecule has 1 aromatic carbocycles. The van der Waals surface area contributed by atoms with E-state index in [1.54, 1.807) is 7.11 Å². The number of fused-ring (bicyclic) bond motifs is 1. The van der Waals surface area contributed by atoms with Gasteiger partial charge >= 0.3 is 0 Å². The third-order valence-electron chi connectivity index (χ3n) is 4.85. The fourth-order valence-electron chi connectivity index (χ4n) is 3.61. The summed E-state index contributed by atoms with van der Waals surface area (Å²) in [7, 11) is 1.74. The van der Waals surface area contributed by atoms with Gasteiger partial charge in [-0.1, -0.05) is 0 Å². The second-order valence-corrected chi connectivity index (χ2v) is 6.22. The van der Waals surface area contributed by atoms with Crippen LogP contribution in [0.25, 0.3) is 10.9 Å². The Morgan fingerprint density at radius 1 is 1.17 bits per heavy atom. The predicted molar refractivity (Wildman–Crippen MR) is 99.3 cm³/mol. The van der Waals surface area contributed by atoms with Gasteiger partial charge in [0, 0.05) is 49.3 Å². The van der Waals surface area contributed by atoms with E-state index in [1.165, 1.54) is 29.3 Å². The molecule has 1 aliphatic heterocycles. The molecule has 23 heavy (non-hydrogen) atoms. The molecule has 2 fully saturated rings. The van der Waals surface area contributed by atoms with Gasteiger partial charge in [-0.25, -0.2) is 0 Å². The van der Waals surface area contributed by atoms with Gasteiger partial charge in [-0.2, -0.15) is 0 Å². The van der Waals surface area contributed by atoms with Crippen molar-refractivity contribution in [1.82, 2.24) is 15.2 Å². The highest BCUT2D eigenvalue weighted by Crippen LogP contribution is 2.46. The smallest absolute Gasteiger partial charge is 0.119 e. The molecule has 1 aliphatic carbocycles. The fraction of sp³-hybridized carbons (Fsp3) is 0.529. The molecule has 2 aliphatic rings. The maximum absolute atomic E-state index is 5.41. The number of nitrogens with zero attached hydrogens (tertiary/aromatic N) is 1. The lowest BCUT2D eigenvalue weighted by Gasteiger charge is -2.35. The second kappa shape index (κ2) is 7.75. The summed E-state index contributed by atoms with van der Waals surface area (Å²) >= 11 is 0. The normalized spacial score (nSPS) is 19.7. The molecular formula is C17H25Cl2N3O. The lowest BCUT2D eigenvalue weighted by Crippen LogP contribution is -2.45. The molecule has 0 radical (unpaired) electrons. The van der Waals surface area contributed by atoms with Gasteiger partial charge in [0.2, 0.25) is 0 Å². The molecule has 0 unspecified atom stereocenters. The van der Waals surface area contributed by atoms with Crippen molar-refractivity contribution in [2.24, 2.45) is 5.92 Å². The molecule has 2 N–H and O–H groups in total. The Morgan fingerprint density at radius 2 is 1.91 bits per heavy atom. The largest absolute Gasteiger partial charge is 0.497 e. The van der Waals surface area contributed by atoms with Crippen molar-refractivity contribution in [1.29, 1.82) is 0 Å². The molecule has 0 spiro atoms. The van der Waals surface area contributed by atoms with Crippen molar-refractivity contribution < 1.29 is 4.74 Å². The Hall–Kier alpha value is -0.940. The first kappa shape index (κ1) is 18.4. The van der Waals surface area contributed by atoms with E-state index in [1.807, 2.05) is 6.07 Å². The van der Waals surface area contributed by atoms with Crippen LogP contribution in [0.4, 0.5) is 0 Å². The second-order valence-electron chi connectivity index (χ2n) is 6.22. The Labute approximate surface area is 149 Å². The molecule has 2 heterocycles. The molecule has 6 heteroatoms. The zero-order valence-electron chi connectivity index (χ0n) is 13.4. The number of methoxy groups -OCH3 is 1. The molecule has 1 saturated carbocycles. The molecular weight excluding hydrogens is 333 g/mol. The first-order valence-electron chi connectivity index (χ1n) is 7.96. The molecule has 0 amide bonds. The number of nitrogens with one attached hydrogen (secondary N) is 2. The SMILES string of the molecule is COc1ccc2[nH]cc([C@H](C3CC3)N3CCNCC3)c2c1.Cl.Cl. The van der Waals surface area contributed by atoms with Gasteiger partial charge in [-0.15, -0.1) is 24.8 Å². The van der Waals surface area contributed by atoms with E-state index >= 15 is 0 Å². The highest BCUT2D eigenvalue weighted by atomic mass is 35.5. The van der Waals surface area contributed by atoms with Crippen LogP contribution in [-0.4, -0.2) is 43.2 Å². The Balaban J connectivity index is 0.000000960. The molecule has 1 aromatic heterocycles. The minimum atomic E-state index is 0. The van der Waals surface area contributed by atoms with E-state index < -0.39 is 0 Å². The highest BCUT2D eigenvalue weighted by Gasteiger charge is 2.37. The van der Waals surface area contributed by atoms with Crippen molar-refractivity contribution >= 4 is 35.7 Å². The molecule has 4 nitrogen and oxygen atoms in total. The van der Waals surface area contributed by atoms with Crippen LogP contribution in [0.5, 0.6) is 5.75 Å². The lowest BCUT2D eigenvalue weighted by atomic mass is 9.99. The topological polar surface area (TPSA) is 40.3 Å². The number of hydrogen-bond donors (Lipinski definition) is 2. The summed E-state index contributed by atoms with van der Waals surface area (Å²) in [5, 5.41) is 4.78. The van der Waals surface area contributed by atoms with Crippen molar-refractivity contribution in [2.45, 2.75) is 18.9 Å². The summed E-state index contributed by atoms with van der Waals surface area (Å²) in [5.41, 5.74) is 2.67. The lowest BCUT2D eigenvalue weighted by molar-refractivity contribution is 0.157. The number of ether oxygens (including phenoxy) is 1. The maximum atomic E-state index is 5.41.